The lowest BCUT2D eigenvalue weighted by molar-refractivity contribution is -0.780. The Kier molecular flexibility index (Phi) is 3.23. The van der Waals surface area contributed by atoms with E-state index in [-0.39, 0.29) is 11.6 Å². The molecule has 0 spiro atoms. The first-order valence-electron chi connectivity index (χ1n) is 6.02. The van der Waals surface area contributed by atoms with Crippen LogP contribution in [0.5, 0.6) is 0 Å². The summed E-state index contributed by atoms with van der Waals surface area (Å²) in [7, 11) is 0. The van der Waals surface area contributed by atoms with Gasteiger partial charge in [-0.3, -0.25) is 10.0 Å². The molecule has 6 heteroatoms. The van der Waals surface area contributed by atoms with Gasteiger partial charge in [0, 0.05) is 16.1 Å². The van der Waals surface area contributed by atoms with E-state index < -0.39 is 0 Å². The summed E-state index contributed by atoms with van der Waals surface area (Å²) in [4.78, 5) is 12.6. The van der Waals surface area contributed by atoms with Crippen LogP contribution >= 0.6 is 15.9 Å². The molecule has 0 bridgehead atoms. The fraction of sp³-hybridized carbons (Fsp3) is 0.0714. The molecule has 1 aliphatic heterocycles. The number of amides is 1. The van der Waals surface area contributed by atoms with Gasteiger partial charge in [0.05, 0.1) is 17.2 Å². The van der Waals surface area contributed by atoms with Crippen molar-refractivity contribution in [1.29, 1.82) is 0 Å². The van der Waals surface area contributed by atoms with E-state index in [4.69, 9.17) is 0 Å². The quantitative estimate of drug-likeness (QED) is 0.471. The van der Waals surface area contributed by atoms with Crippen LogP contribution in [0.25, 0.3) is 0 Å². The number of nitrogens with zero attached hydrogens (tertiary/aromatic N) is 2. The second kappa shape index (κ2) is 5.05. The Morgan fingerprint density at radius 1 is 1.35 bits per heavy atom. The fourth-order valence-electron chi connectivity index (χ4n) is 2.05. The summed E-state index contributed by atoms with van der Waals surface area (Å²) in [5.41, 5.74) is 2.18. The van der Waals surface area contributed by atoms with Gasteiger partial charge in [0.2, 0.25) is 5.71 Å². The molecule has 2 N–H and O–H groups in total. The van der Waals surface area contributed by atoms with Crippen LogP contribution < -0.4 is 5.32 Å². The maximum atomic E-state index is 11.9. The zero-order chi connectivity index (χ0) is 14.1. The molecular formula is C14H11BrN3O2+. The molecule has 1 heterocycles. The van der Waals surface area contributed by atoms with Crippen molar-refractivity contribution in [3.05, 3.63) is 52.5 Å². The highest BCUT2D eigenvalue weighted by molar-refractivity contribution is 9.11. The fourth-order valence-corrected chi connectivity index (χ4v) is 2.49. The Bertz CT molecular complexity index is 717. The number of hydrogen-bond donors (Lipinski definition) is 2. The average molecular weight is 333 g/mol. The topological polar surface area (TPSA) is 64.7 Å². The molecule has 0 atom stereocenters. The Hall–Kier alpha value is -2.21. The summed E-state index contributed by atoms with van der Waals surface area (Å²) >= 11 is 3.37. The monoisotopic (exact) mass is 332 g/mol. The molecule has 100 valence electrons. The molecule has 0 fully saturated rings. The molecule has 1 aliphatic carbocycles. The third kappa shape index (κ3) is 2.30. The third-order valence-corrected chi connectivity index (χ3v) is 3.56. The number of halogens is 1. The minimum atomic E-state index is -0.319. The van der Waals surface area contributed by atoms with Gasteiger partial charge in [0.15, 0.2) is 0 Å². The lowest BCUT2D eigenvalue weighted by Crippen LogP contribution is -2.20. The van der Waals surface area contributed by atoms with Crippen molar-refractivity contribution < 1.29 is 14.8 Å². The summed E-state index contributed by atoms with van der Waals surface area (Å²) < 4.78 is 0.936. The molecule has 1 aromatic carbocycles. The zero-order valence-corrected chi connectivity index (χ0v) is 12.0. The number of para-hydroxylation sites is 1. The van der Waals surface area contributed by atoms with Crippen molar-refractivity contribution in [2.45, 2.75) is 6.42 Å². The molecule has 0 aromatic heterocycles. The number of fused-ring (bicyclic) bond motifs is 1. The van der Waals surface area contributed by atoms with Gasteiger partial charge < -0.3 is 5.32 Å². The SMILES string of the molecule is O=C1Nc2ccccc2C1=N[N+](O)=C1C=CC=C(Br)C1. The van der Waals surface area contributed by atoms with Crippen molar-refractivity contribution in [3.63, 3.8) is 0 Å². The minimum absolute atomic E-state index is 0.203. The number of hydrazone groups is 1. The molecule has 5 nitrogen and oxygen atoms in total. The molecule has 0 saturated carbocycles. The van der Waals surface area contributed by atoms with E-state index in [9.17, 15) is 10.0 Å². The van der Waals surface area contributed by atoms with Crippen molar-refractivity contribution in [1.82, 2.24) is 0 Å². The Labute approximate surface area is 123 Å². The number of allylic oxidation sites excluding steroid dienone is 4. The first-order chi connectivity index (χ1) is 9.65. The third-order valence-electron chi connectivity index (χ3n) is 3.01. The van der Waals surface area contributed by atoms with Gasteiger partial charge in [0.1, 0.15) is 4.85 Å². The van der Waals surface area contributed by atoms with Crippen LogP contribution in [0.1, 0.15) is 12.0 Å². The van der Waals surface area contributed by atoms with E-state index >= 15 is 0 Å². The predicted molar refractivity (Wildman–Crippen MR) is 79.4 cm³/mol. The van der Waals surface area contributed by atoms with E-state index in [1.807, 2.05) is 18.2 Å². The van der Waals surface area contributed by atoms with Crippen molar-refractivity contribution in [2.75, 3.05) is 5.32 Å². The van der Waals surface area contributed by atoms with Crippen LogP contribution in [-0.2, 0) is 4.79 Å². The summed E-state index contributed by atoms with van der Waals surface area (Å²) in [5, 5.41) is 16.7. The smallest absolute Gasteiger partial charge is 0.281 e. The first kappa shape index (κ1) is 12.8. The summed E-state index contributed by atoms with van der Waals surface area (Å²) in [6.07, 6.45) is 5.96. The van der Waals surface area contributed by atoms with Gasteiger partial charge in [-0.2, -0.15) is 0 Å². The number of rotatable bonds is 1. The van der Waals surface area contributed by atoms with Gasteiger partial charge in [-0.15, -0.1) is 0 Å². The molecular weight excluding hydrogens is 322 g/mol. The lowest BCUT2D eigenvalue weighted by Gasteiger charge is -1.99. The van der Waals surface area contributed by atoms with Crippen LogP contribution in [0.3, 0.4) is 0 Å². The lowest BCUT2D eigenvalue weighted by atomic mass is 10.1. The van der Waals surface area contributed by atoms with Gasteiger partial charge in [-0.05, 0) is 6.07 Å². The zero-order valence-electron chi connectivity index (χ0n) is 10.4. The standard InChI is InChI=1S/C14H10BrN3O2/c15-9-4-3-5-10(8-9)18(20)17-13-11-6-1-2-7-12(11)16-14(13)19/h1-7H,8H2,(H-,16,17,19,20)/p+1. The molecule has 0 radical (unpaired) electrons. The number of carbonyl (C=O) groups excluding carboxylic acids is 1. The first-order valence-corrected chi connectivity index (χ1v) is 6.81. The second-order valence-corrected chi connectivity index (χ2v) is 5.40. The van der Waals surface area contributed by atoms with Crippen LogP contribution in [0, 0.1) is 0 Å². The number of benzene rings is 1. The number of anilines is 1. The highest BCUT2D eigenvalue weighted by atomic mass is 79.9. The van der Waals surface area contributed by atoms with Crippen LogP contribution in [0.15, 0.2) is 52.1 Å². The molecule has 1 amide bonds. The summed E-state index contributed by atoms with van der Waals surface area (Å²) in [5.74, 6) is -0.319. The van der Waals surface area contributed by atoms with Crippen molar-refractivity contribution in [2.24, 2.45) is 5.10 Å². The Morgan fingerprint density at radius 2 is 2.15 bits per heavy atom. The Balaban J connectivity index is 2.01. The molecule has 20 heavy (non-hydrogen) atoms. The molecule has 0 saturated heterocycles. The van der Waals surface area contributed by atoms with E-state index in [0.717, 1.165) is 9.33 Å². The molecule has 2 aliphatic rings. The van der Waals surface area contributed by atoms with Gasteiger partial charge in [0.25, 0.3) is 11.6 Å². The molecule has 0 unspecified atom stereocenters. The molecule has 3 rings (SSSR count). The van der Waals surface area contributed by atoms with Crippen molar-refractivity contribution in [3.8, 4) is 0 Å². The maximum absolute atomic E-state index is 11.9. The number of carbonyl (C=O) groups is 1. The van der Waals surface area contributed by atoms with Crippen LogP contribution in [0.2, 0.25) is 0 Å². The highest BCUT2D eigenvalue weighted by Crippen LogP contribution is 2.23. The predicted octanol–water partition coefficient (Wildman–Crippen LogP) is 2.42. The minimum Gasteiger partial charge on any atom is -0.320 e. The van der Waals surface area contributed by atoms with Gasteiger partial charge >= 0.3 is 0 Å². The van der Waals surface area contributed by atoms with E-state index in [1.54, 1.807) is 24.3 Å². The van der Waals surface area contributed by atoms with Gasteiger partial charge in [-0.1, -0.05) is 46.3 Å². The number of nitrogens with one attached hydrogen (secondary N) is 1. The van der Waals surface area contributed by atoms with Crippen molar-refractivity contribution >= 4 is 38.9 Å². The number of hydrogen-bond acceptors (Lipinski definition) is 3. The largest absolute Gasteiger partial charge is 0.320 e. The van der Waals surface area contributed by atoms with Gasteiger partial charge in [-0.25, -0.2) is 0 Å². The maximum Gasteiger partial charge on any atom is 0.281 e. The Morgan fingerprint density at radius 3 is 2.95 bits per heavy atom. The second-order valence-electron chi connectivity index (χ2n) is 4.38. The summed E-state index contributed by atoms with van der Waals surface area (Å²) in [6, 6.07) is 7.24. The van der Waals surface area contributed by atoms with E-state index in [1.165, 1.54) is 0 Å². The molecule has 1 aromatic rings. The van der Waals surface area contributed by atoms with Crippen LogP contribution in [0.4, 0.5) is 5.69 Å². The van der Waals surface area contributed by atoms with E-state index in [2.05, 4.69) is 26.3 Å². The average Bonchev–Trinajstić information content (AvgIpc) is 2.75. The van der Waals surface area contributed by atoms with Crippen LogP contribution in [-0.4, -0.2) is 27.4 Å². The highest BCUT2D eigenvalue weighted by Gasteiger charge is 2.29. The normalized spacial score (nSPS) is 21.6. The van der Waals surface area contributed by atoms with E-state index in [0.29, 0.717) is 23.4 Å². The summed E-state index contributed by atoms with van der Waals surface area (Å²) in [6.45, 7) is 0.